The van der Waals surface area contributed by atoms with Crippen molar-refractivity contribution in [1.82, 2.24) is 5.43 Å². The summed E-state index contributed by atoms with van der Waals surface area (Å²) in [5, 5.41) is 14.4. The lowest BCUT2D eigenvalue weighted by molar-refractivity contribution is -0.384. The Labute approximate surface area is 125 Å². The van der Waals surface area contributed by atoms with Crippen molar-refractivity contribution < 1.29 is 14.1 Å². The van der Waals surface area contributed by atoms with Gasteiger partial charge in [-0.15, -0.1) is 0 Å². The zero-order chi connectivity index (χ0) is 15.9. The SMILES string of the molecule is O=C(Cc1cccc([N+](=O)[O-])c1)N/N=C/c1ccc(F)cc1. The Morgan fingerprint density at radius 2 is 2.00 bits per heavy atom. The quantitative estimate of drug-likeness (QED) is 0.523. The van der Waals surface area contributed by atoms with E-state index in [9.17, 15) is 19.3 Å². The first-order valence-corrected chi connectivity index (χ1v) is 6.35. The number of rotatable bonds is 5. The lowest BCUT2D eigenvalue weighted by Gasteiger charge is -2.00. The molecule has 6 nitrogen and oxygen atoms in total. The van der Waals surface area contributed by atoms with Crippen LogP contribution in [0, 0.1) is 15.9 Å². The molecule has 0 saturated carbocycles. The molecule has 0 fully saturated rings. The molecule has 0 radical (unpaired) electrons. The molecule has 0 atom stereocenters. The molecule has 2 aromatic carbocycles. The Morgan fingerprint density at radius 3 is 2.68 bits per heavy atom. The number of nitro benzene ring substituents is 1. The van der Waals surface area contributed by atoms with Crippen molar-refractivity contribution in [2.24, 2.45) is 5.10 Å². The molecule has 0 aliphatic rings. The topological polar surface area (TPSA) is 84.6 Å². The minimum Gasteiger partial charge on any atom is -0.273 e. The van der Waals surface area contributed by atoms with E-state index in [-0.39, 0.29) is 17.9 Å². The van der Waals surface area contributed by atoms with Crippen molar-refractivity contribution in [2.45, 2.75) is 6.42 Å². The zero-order valence-corrected chi connectivity index (χ0v) is 11.4. The van der Waals surface area contributed by atoms with E-state index < -0.39 is 10.8 Å². The molecule has 0 spiro atoms. The number of carbonyl (C=O) groups is 1. The zero-order valence-electron chi connectivity index (χ0n) is 11.4. The van der Waals surface area contributed by atoms with Gasteiger partial charge in [0.05, 0.1) is 17.6 Å². The number of halogens is 1. The standard InChI is InChI=1S/C15H12FN3O3/c16-13-6-4-11(5-7-13)10-17-18-15(20)9-12-2-1-3-14(8-12)19(21)22/h1-8,10H,9H2,(H,18,20)/b17-10+. The van der Waals surface area contributed by atoms with Crippen LogP contribution in [0.2, 0.25) is 0 Å². The molecule has 112 valence electrons. The summed E-state index contributed by atoms with van der Waals surface area (Å²) in [6.07, 6.45) is 1.35. The average Bonchev–Trinajstić information content (AvgIpc) is 2.49. The number of amides is 1. The Balaban J connectivity index is 1.91. The third-order valence-electron chi connectivity index (χ3n) is 2.76. The third-order valence-corrected chi connectivity index (χ3v) is 2.76. The van der Waals surface area contributed by atoms with Gasteiger partial charge in [0, 0.05) is 12.1 Å². The van der Waals surface area contributed by atoms with Crippen molar-refractivity contribution in [3.63, 3.8) is 0 Å². The summed E-state index contributed by atoms with van der Waals surface area (Å²) in [5.74, 6) is -0.759. The summed E-state index contributed by atoms with van der Waals surface area (Å²) in [7, 11) is 0. The fourth-order valence-electron chi connectivity index (χ4n) is 1.73. The number of hydrogen-bond acceptors (Lipinski definition) is 4. The Kier molecular flexibility index (Phi) is 4.92. The van der Waals surface area contributed by atoms with Crippen LogP contribution in [0.25, 0.3) is 0 Å². The van der Waals surface area contributed by atoms with Crippen molar-refractivity contribution in [3.8, 4) is 0 Å². The van der Waals surface area contributed by atoms with Crippen molar-refractivity contribution in [2.75, 3.05) is 0 Å². The maximum atomic E-state index is 12.7. The molecule has 2 aromatic rings. The molecule has 0 heterocycles. The first-order chi connectivity index (χ1) is 10.5. The lowest BCUT2D eigenvalue weighted by atomic mass is 10.1. The number of nitrogens with one attached hydrogen (secondary N) is 1. The minimum absolute atomic E-state index is 0.0254. The van der Waals surface area contributed by atoms with E-state index in [0.29, 0.717) is 11.1 Å². The van der Waals surface area contributed by atoms with Gasteiger partial charge in [-0.3, -0.25) is 14.9 Å². The fourth-order valence-corrected chi connectivity index (χ4v) is 1.73. The number of benzene rings is 2. The molecule has 2 rings (SSSR count). The smallest absolute Gasteiger partial charge is 0.269 e. The summed E-state index contributed by atoms with van der Waals surface area (Å²) in [6, 6.07) is 11.4. The second-order valence-electron chi connectivity index (χ2n) is 4.45. The van der Waals surface area contributed by atoms with E-state index in [2.05, 4.69) is 10.5 Å². The van der Waals surface area contributed by atoms with E-state index in [0.717, 1.165) is 0 Å². The second-order valence-corrected chi connectivity index (χ2v) is 4.45. The predicted molar refractivity (Wildman–Crippen MR) is 78.9 cm³/mol. The predicted octanol–water partition coefficient (Wildman–Crippen LogP) is 2.43. The number of non-ortho nitro benzene ring substituents is 1. The first-order valence-electron chi connectivity index (χ1n) is 6.35. The van der Waals surface area contributed by atoms with Gasteiger partial charge in [-0.1, -0.05) is 24.3 Å². The highest BCUT2D eigenvalue weighted by Crippen LogP contribution is 2.13. The first kappa shape index (κ1) is 15.3. The fraction of sp³-hybridized carbons (Fsp3) is 0.0667. The molecular formula is C15H12FN3O3. The van der Waals surface area contributed by atoms with Gasteiger partial charge in [-0.2, -0.15) is 5.10 Å². The largest absolute Gasteiger partial charge is 0.273 e. The van der Waals surface area contributed by atoms with Crippen molar-refractivity contribution >= 4 is 17.8 Å². The average molecular weight is 301 g/mol. The van der Waals surface area contributed by atoms with Crippen LogP contribution in [-0.2, 0) is 11.2 Å². The van der Waals surface area contributed by atoms with Crippen LogP contribution in [0.15, 0.2) is 53.6 Å². The summed E-state index contributed by atoms with van der Waals surface area (Å²) in [6.45, 7) is 0. The number of nitrogens with zero attached hydrogens (tertiary/aromatic N) is 2. The van der Waals surface area contributed by atoms with Gasteiger partial charge in [0.1, 0.15) is 5.82 Å². The molecule has 1 amide bonds. The summed E-state index contributed by atoms with van der Waals surface area (Å²) in [4.78, 5) is 21.8. The summed E-state index contributed by atoms with van der Waals surface area (Å²) < 4.78 is 12.7. The van der Waals surface area contributed by atoms with E-state index in [4.69, 9.17) is 0 Å². The van der Waals surface area contributed by atoms with Crippen molar-refractivity contribution in [3.05, 3.63) is 75.6 Å². The van der Waals surface area contributed by atoms with E-state index >= 15 is 0 Å². The highest BCUT2D eigenvalue weighted by molar-refractivity contribution is 5.83. The molecule has 22 heavy (non-hydrogen) atoms. The van der Waals surface area contributed by atoms with E-state index in [1.165, 1.54) is 48.7 Å². The second kappa shape index (κ2) is 7.07. The van der Waals surface area contributed by atoms with Crippen LogP contribution < -0.4 is 5.43 Å². The van der Waals surface area contributed by atoms with Crippen LogP contribution in [0.1, 0.15) is 11.1 Å². The normalized spacial score (nSPS) is 10.6. The molecule has 0 aliphatic heterocycles. The van der Waals surface area contributed by atoms with Gasteiger partial charge >= 0.3 is 0 Å². The molecule has 7 heteroatoms. The highest BCUT2D eigenvalue weighted by Gasteiger charge is 2.08. The third kappa shape index (κ3) is 4.48. The highest BCUT2D eigenvalue weighted by atomic mass is 19.1. The van der Waals surface area contributed by atoms with E-state index in [1.54, 1.807) is 6.07 Å². The van der Waals surface area contributed by atoms with Crippen LogP contribution in [0.3, 0.4) is 0 Å². The van der Waals surface area contributed by atoms with Gasteiger partial charge in [-0.05, 0) is 23.3 Å². The van der Waals surface area contributed by atoms with E-state index in [1.807, 2.05) is 0 Å². The monoisotopic (exact) mass is 301 g/mol. The van der Waals surface area contributed by atoms with Crippen LogP contribution in [-0.4, -0.2) is 17.0 Å². The Morgan fingerprint density at radius 1 is 1.27 bits per heavy atom. The van der Waals surface area contributed by atoms with Crippen LogP contribution in [0.5, 0.6) is 0 Å². The number of carbonyl (C=O) groups excluding carboxylic acids is 1. The lowest BCUT2D eigenvalue weighted by Crippen LogP contribution is -2.19. The van der Waals surface area contributed by atoms with Crippen LogP contribution in [0.4, 0.5) is 10.1 Å². The maximum absolute atomic E-state index is 12.7. The Hall–Kier alpha value is -3.09. The molecule has 0 unspecified atom stereocenters. The number of nitro groups is 1. The molecule has 0 aliphatic carbocycles. The summed E-state index contributed by atoms with van der Waals surface area (Å²) in [5.41, 5.74) is 3.39. The van der Waals surface area contributed by atoms with Crippen molar-refractivity contribution in [1.29, 1.82) is 0 Å². The number of hydrogen-bond donors (Lipinski definition) is 1. The minimum atomic E-state index is -0.520. The maximum Gasteiger partial charge on any atom is 0.269 e. The molecule has 1 N–H and O–H groups in total. The van der Waals surface area contributed by atoms with Gasteiger partial charge in [0.2, 0.25) is 5.91 Å². The van der Waals surface area contributed by atoms with Gasteiger partial charge < -0.3 is 0 Å². The summed E-state index contributed by atoms with van der Waals surface area (Å²) >= 11 is 0. The number of hydrazone groups is 1. The van der Waals surface area contributed by atoms with Gasteiger partial charge in [-0.25, -0.2) is 9.82 Å². The molecule has 0 saturated heterocycles. The van der Waals surface area contributed by atoms with Gasteiger partial charge in [0.25, 0.3) is 5.69 Å². The molecular weight excluding hydrogens is 289 g/mol. The molecule has 0 bridgehead atoms. The Bertz CT molecular complexity index is 714. The van der Waals surface area contributed by atoms with Crippen LogP contribution >= 0.6 is 0 Å². The van der Waals surface area contributed by atoms with Gasteiger partial charge in [0.15, 0.2) is 0 Å². The molecule has 0 aromatic heterocycles.